The first kappa shape index (κ1) is 18.8. The molecule has 1 aromatic heterocycles. The van der Waals surface area contributed by atoms with Crippen LogP contribution in [-0.4, -0.2) is 51.2 Å². The molecule has 8 heteroatoms. The predicted molar refractivity (Wildman–Crippen MR) is 84.1 cm³/mol. The van der Waals surface area contributed by atoms with Crippen molar-refractivity contribution in [3.63, 3.8) is 0 Å². The highest BCUT2D eigenvalue weighted by molar-refractivity contribution is 6.99. The summed E-state index contributed by atoms with van der Waals surface area (Å²) in [5.41, 5.74) is 0.558. The van der Waals surface area contributed by atoms with Crippen molar-refractivity contribution in [2.75, 3.05) is 19.8 Å². The Morgan fingerprint density at radius 2 is 2.14 bits per heavy atom. The number of aliphatic hydroxyl groups excluding tert-OH is 1. The fourth-order valence-electron chi connectivity index (χ4n) is 1.57. The zero-order valence-corrected chi connectivity index (χ0v) is 14.4. The van der Waals surface area contributed by atoms with Gasteiger partial charge in [0.25, 0.3) is 0 Å². The van der Waals surface area contributed by atoms with E-state index in [1.54, 1.807) is 6.92 Å². The summed E-state index contributed by atoms with van der Waals surface area (Å²) in [7, 11) is 0. The van der Waals surface area contributed by atoms with E-state index < -0.39 is 6.10 Å². The van der Waals surface area contributed by atoms with E-state index in [2.05, 4.69) is 14.1 Å². The van der Waals surface area contributed by atoms with Gasteiger partial charge in [0.1, 0.15) is 18.4 Å². The molecular weight excluding hydrogens is 306 g/mol. The molecule has 0 radical (unpaired) electrons. The number of nitrogens with zero attached hydrogens (tertiary/aromatic N) is 2. The van der Waals surface area contributed by atoms with Gasteiger partial charge in [-0.3, -0.25) is 4.79 Å². The van der Waals surface area contributed by atoms with E-state index in [1.165, 1.54) is 0 Å². The summed E-state index contributed by atoms with van der Waals surface area (Å²) in [6, 6.07) is 0. The average Bonchev–Trinajstić information content (AvgIpc) is 2.87. The number of aliphatic hydroxyl groups is 1. The first-order valence-electron chi connectivity index (χ1n) is 7.34. The van der Waals surface area contributed by atoms with Crippen LogP contribution in [0.3, 0.4) is 0 Å². The largest absolute Gasteiger partial charge is 0.473 e. The number of nitrogens with one attached hydrogen (secondary N) is 1. The Morgan fingerprint density at radius 3 is 2.77 bits per heavy atom. The van der Waals surface area contributed by atoms with Crippen molar-refractivity contribution in [2.24, 2.45) is 0 Å². The molecule has 0 bridgehead atoms. The number of hydrogen-bond donors (Lipinski definition) is 2. The number of ether oxygens (including phenoxy) is 2. The van der Waals surface area contributed by atoms with E-state index in [-0.39, 0.29) is 24.5 Å². The van der Waals surface area contributed by atoms with Gasteiger partial charge in [0.15, 0.2) is 0 Å². The average molecular weight is 331 g/mol. The van der Waals surface area contributed by atoms with Gasteiger partial charge >= 0.3 is 5.97 Å². The van der Waals surface area contributed by atoms with Crippen LogP contribution in [0.1, 0.15) is 39.8 Å². The van der Waals surface area contributed by atoms with E-state index in [9.17, 15) is 9.90 Å². The van der Waals surface area contributed by atoms with Crippen LogP contribution >= 0.6 is 11.7 Å². The number of aromatic nitrogens is 2. The predicted octanol–water partition coefficient (Wildman–Crippen LogP) is 1.16. The smallest absolute Gasteiger partial charge is 0.306 e. The van der Waals surface area contributed by atoms with Gasteiger partial charge in [0, 0.05) is 18.5 Å². The maximum absolute atomic E-state index is 11.3. The lowest BCUT2D eigenvalue weighted by Crippen LogP contribution is -2.42. The van der Waals surface area contributed by atoms with Gasteiger partial charge in [-0.25, -0.2) is 0 Å². The van der Waals surface area contributed by atoms with Gasteiger partial charge in [0.2, 0.25) is 5.88 Å². The highest BCUT2D eigenvalue weighted by atomic mass is 32.1. The standard InChI is InChI=1S/C14H25N3O4S/c1-5-20-12(19)7-6-11-13(17-22-16-11)21-9-10(18)8-15-14(2,3)4/h10,15,18H,5-9H2,1-4H3. The van der Waals surface area contributed by atoms with E-state index >= 15 is 0 Å². The quantitative estimate of drug-likeness (QED) is 0.656. The lowest BCUT2D eigenvalue weighted by molar-refractivity contribution is -0.143. The van der Waals surface area contributed by atoms with Gasteiger partial charge in [-0.05, 0) is 27.7 Å². The fourth-order valence-corrected chi connectivity index (χ4v) is 2.11. The Kier molecular flexibility index (Phi) is 7.70. The second kappa shape index (κ2) is 9.02. The summed E-state index contributed by atoms with van der Waals surface area (Å²) in [5, 5.41) is 13.1. The lowest BCUT2D eigenvalue weighted by Gasteiger charge is -2.22. The summed E-state index contributed by atoms with van der Waals surface area (Å²) in [6.07, 6.45) is 0.0175. The number of carbonyl (C=O) groups is 1. The molecule has 0 spiro atoms. The molecule has 7 nitrogen and oxygen atoms in total. The molecule has 1 aromatic rings. The molecule has 1 rings (SSSR count). The van der Waals surface area contributed by atoms with Crippen molar-refractivity contribution in [1.29, 1.82) is 0 Å². The van der Waals surface area contributed by atoms with E-state index in [1.807, 2.05) is 20.8 Å². The Bertz CT molecular complexity index is 459. The molecule has 1 atom stereocenters. The number of hydrogen-bond acceptors (Lipinski definition) is 8. The van der Waals surface area contributed by atoms with E-state index in [4.69, 9.17) is 9.47 Å². The number of aryl methyl sites for hydroxylation is 1. The topological polar surface area (TPSA) is 93.6 Å². The zero-order valence-electron chi connectivity index (χ0n) is 13.6. The van der Waals surface area contributed by atoms with Gasteiger partial charge < -0.3 is 19.9 Å². The molecule has 0 fully saturated rings. The number of rotatable bonds is 9. The summed E-state index contributed by atoms with van der Waals surface area (Å²) >= 11 is 1.03. The maximum atomic E-state index is 11.3. The number of carbonyl (C=O) groups excluding carboxylic acids is 1. The second-order valence-electron chi connectivity index (χ2n) is 5.92. The van der Waals surface area contributed by atoms with Crippen LogP contribution in [0.4, 0.5) is 0 Å². The van der Waals surface area contributed by atoms with Crippen LogP contribution in [0.25, 0.3) is 0 Å². The van der Waals surface area contributed by atoms with Crippen molar-refractivity contribution in [3.05, 3.63) is 5.69 Å². The highest BCUT2D eigenvalue weighted by Gasteiger charge is 2.16. The number of esters is 1. The number of β-amino-alcohol motifs (C(OH)–C–C–N with tert-alkyl or cyclic N) is 1. The molecule has 0 saturated carbocycles. The van der Waals surface area contributed by atoms with Crippen molar-refractivity contribution < 1.29 is 19.4 Å². The fraction of sp³-hybridized carbons (Fsp3) is 0.786. The molecule has 1 heterocycles. The molecule has 0 aromatic carbocycles. The first-order chi connectivity index (χ1) is 10.3. The third-order valence-electron chi connectivity index (χ3n) is 2.67. The van der Waals surface area contributed by atoms with Crippen LogP contribution in [0.15, 0.2) is 0 Å². The summed E-state index contributed by atoms with van der Waals surface area (Å²) < 4.78 is 18.5. The van der Waals surface area contributed by atoms with E-state index in [0.717, 1.165) is 11.7 Å². The zero-order chi connectivity index (χ0) is 16.6. The second-order valence-corrected chi connectivity index (χ2v) is 6.45. The summed E-state index contributed by atoms with van der Waals surface area (Å²) in [6.45, 7) is 8.77. The Labute approximate surface area is 135 Å². The van der Waals surface area contributed by atoms with Crippen molar-refractivity contribution in [3.8, 4) is 5.88 Å². The third kappa shape index (κ3) is 7.67. The molecule has 0 saturated heterocycles. The highest BCUT2D eigenvalue weighted by Crippen LogP contribution is 2.17. The molecule has 0 aliphatic carbocycles. The third-order valence-corrected chi connectivity index (χ3v) is 3.22. The molecule has 126 valence electrons. The van der Waals surface area contributed by atoms with E-state index in [0.29, 0.717) is 31.1 Å². The van der Waals surface area contributed by atoms with Gasteiger partial charge in [-0.2, -0.15) is 4.37 Å². The van der Waals surface area contributed by atoms with Crippen molar-refractivity contribution >= 4 is 17.7 Å². The molecule has 2 N–H and O–H groups in total. The van der Waals surface area contributed by atoms with Gasteiger partial charge in [0.05, 0.1) is 24.8 Å². The first-order valence-corrected chi connectivity index (χ1v) is 8.07. The van der Waals surface area contributed by atoms with Crippen molar-refractivity contribution in [2.45, 2.75) is 52.2 Å². The summed E-state index contributed by atoms with van der Waals surface area (Å²) in [5.74, 6) is 0.111. The molecule has 22 heavy (non-hydrogen) atoms. The normalized spacial score (nSPS) is 13.0. The molecular formula is C14H25N3O4S. The lowest BCUT2D eigenvalue weighted by atomic mass is 10.1. The van der Waals surface area contributed by atoms with Crippen LogP contribution in [0.5, 0.6) is 5.88 Å². The minimum atomic E-state index is -0.640. The minimum absolute atomic E-state index is 0.0615. The van der Waals surface area contributed by atoms with Crippen molar-refractivity contribution in [1.82, 2.24) is 14.1 Å². The maximum Gasteiger partial charge on any atom is 0.306 e. The molecule has 0 aliphatic heterocycles. The van der Waals surface area contributed by atoms with Crippen LogP contribution in [0.2, 0.25) is 0 Å². The Balaban J connectivity index is 2.37. The van der Waals surface area contributed by atoms with Crippen LogP contribution < -0.4 is 10.1 Å². The van der Waals surface area contributed by atoms with Gasteiger partial charge in [-0.1, -0.05) is 0 Å². The molecule has 0 aliphatic rings. The minimum Gasteiger partial charge on any atom is -0.473 e. The summed E-state index contributed by atoms with van der Waals surface area (Å²) in [4.78, 5) is 11.3. The van der Waals surface area contributed by atoms with Crippen LogP contribution in [-0.2, 0) is 16.0 Å². The monoisotopic (exact) mass is 331 g/mol. The molecule has 1 unspecified atom stereocenters. The molecule has 0 amide bonds. The Morgan fingerprint density at radius 1 is 1.41 bits per heavy atom. The Hall–Kier alpha value is -1.25. The van der Waals surface area contributed by atoms with Crippen LogP contribution in [0, 0.1) is 0 Å². The SMILES string of the molecule is CCOC(=O)CCc1nsnc1OCC(O)CNC(C)(C)C. The van der Waals surface area contributed by atoms with Gasteiger partial charge in [-0.15, -0.1) is 4.37 Å².